The number of aryl methyl sites for hydroxylation is 1. The first-order chi connectivity index (χ1) is 19.1. The van der Waals surface area contributed by atoms with Crippen LogP contribution in [0.1, 0.15) is 0 Å². The number of carbonyl (C=O) groups excluding carboxylic acids is 1. The van der Waals surface area contributed by atoms with Crippen LogP contribution in [0, 0.1) is 0 Å². The summed E-state index contributed by atoms with van der Waals surface area (Å²) < 4.78 is 13.1. The summed E-state index contributed by atoms with van der Waals surface area (Å²) >= 11 is 6.59. The Morgan fingerprint density at radius 2 is 1.90 bits per heavy atom. The first-order valence-corrected chi connectivity index (χ1v) is 13.0. The molecule has 40 heavy (non-hydrogen) atoms. The fourth-order valence-electron chi connectivity index (χ4n) is 4.32. The molecule has 0 aliphatic rings. The number of likely N-dealkylation sites (N-methyl/N-ethyl adjacent to an activating group) is 2. The van der Waals surface area contributed by atoms with Crippen LogP contribution in [0.15, 0.2) is 55.4 Å². The maximum atomic E-state index is 12.3. The van der Waals surface area contributed by atoms with Gasteiger partial charge in [0.05, 0.1) is 53.7 Å². The fourth-order valence-corrected chi connectivity index (χ4v) is 4.51. The molecule has 0 saturated carbocycles. The third kappa shape index (κ3) is 6.13. The third-order valence-corrected chi connectivity index (χ3v) is 6.78. The van der Waals surface area contributed by atoms with Gasteiger partial charge < -0.3 is 34.5 Å². The molecule has 2 N–H and O–H groups in total. The highest BCUT2D eigenvalue weighted by Gasteiger charge is 2.19. The van der Waals surface area contributed by atoms with E-state index in [1.165, 1.54) is 6.08 Å². The second kappa shape index (κ2) is 12.3. The summed E-state index contributed by atoms with van der Waals surface area (Å²) in [6.45, 7) is 5.15. The lowest BCUT2D eigenvalue weighted by Gasteiger charge is -2.26. The van der Waals surface area contributed by atoms with Crippen molar-refractivity contribution >= 4 is 51.4 Å². The summed E-state index contributed by atoms with van der Waals surface area (Å²) in [6.07, 6.45) is 4.77. The number of carbonyl (C=O) groups is 1. The number of hydrogen-bond acceptors (Lipinski definition) is 8. The van der Waals surface area contributed by atoms with Crippen molar-refractivity contribution in [3.05, 3.63) is 60.4 Å². The Labute approximate surface area is 239 Å². The minimum Gasteiger partial charge on any atom is -0.497 e. The number of hydrogen-bond donors (Lipinski definition) is 2. The molecule has 4 rings (SSSR count). The van der Waals surface area contributed by atoms with Crippen LogP contribution in [0.4, 0.5) is 23.0 Å². The van der Waals surface area contributed by atoms with E-state index >= 15 is 0 Å². The predicted octanol–water partition coefficient (Wildman–Crippen LogP) is 5.17. The van der Waals surface area contributed by atoms with Crippen molar-refractivity contribution in [1.29, 1.82) is 0 Å². The van der Waals surface area contributed by atoms with E-state index in [9.17, 15) is 4.79 Å². The monoisotopic (exact) mass is 563 g/mol. The van der Waals surface area contributed by atoms with Crippen molar-refractivity contribution in [2.45, 2.75) is 0 Å². The Balaban J connectivity index is 1.74. The molecule has 2 aromatic carbocycles. The van der Waals surface area contributed by atoms with Crippen LogP contribution in [0.2, 0.25) is 5.02 Å². The number of halogens is 1. The van der Waals surface area contributed by atoms with Crippen molar-refractivity contribution in [1.82, 2.24) is 19.4 Å². The average molecular weight is 564 g/mol. The number of nitrogens with zero attached hydrogens (tertiary/aromatic N) is 5. The Morgan fingerprint density at radius 3 is 2.58 bits per heavy atom. The molecule has 0 radical (unpaired) electrons. The van der Waals surface area contributed by atoms with Crippen LogP contribution in [-0.2, 0) is 11.8 Å². The summed E-state index contributed by atoms with van der Waals surface area (Å²) in [5.74, 6) is 1.31. The van der Waals surface area contributed by atoms with Gasteiger partial charge in [0.25, 0.3) is 0 Å². The molecular weight excluding hydrogens is 530 g/mol. The number of anilines is 4. The Kier molecular flexibility index (Phi) is 8.81. The van der Waals surface area contributed by atoms with Crippen molar-refractivity contribution in [2.24, 2.45) is 7.05 Å². The number of ether oxygens (including phenoxy) is 2. The van der Waals surface area contributed by atoms with Crippen molar-refractivity contribution in [3.8, 4) is 22.8 Å². The van der Waals surface area contributed by atoms with Gasteiger partial charge in [-0.3, -0.25) is 4.79 Å². The number of rotatable bonds is 11. The van der Waals surface area contributed by atoms with Crippen LogP contribution in [0.3, 0.4) is 0 Å². The number of amides is 1. The van der Waals surface area contributed by atoms with Crippen LogP contribution in [0.25, 0.3) is 22.2 Å². The molecule has 10 nitrogen and oxygen atoms in total. The van der Waals surface area contributed by atoms with Gasteiger partial charge in [0.15, 0.2) is 0 Å². The largest absolute Gasteiger partial charge is 0.497 e. The molecule has 210 valence electrons. The van der Waals surface area contributed by atoms with E-state index in [2.05, 4.69) is 32.0 Å². The second-order valence-corrected chi connectivity index (χ2v) is 9.95. The Hall–Kier alpha value is -4.28. The molecular formula is C29H34ClN7O3. The van der Waals surface area contributed by atoms with Gasteiger partial charge in [-0.25, -0.2) is 9.97 Å². The van der Waals surface area contributed by atoms with Crippen molar-refractivity contribution in [3.63, 3.8) is 0 Å². The molecule has 0 spiro atoms. The van der Waals surface area contributed by atoms with E-state index in [0.29, 0.717) is 33.8 Å². The zero-order valence-corrected chi connectivity index (χ0v) is 24.3. The van der Waals surface area contributed by atoms with Crippen molar-refractivity contribution < 1.29 is 14.3 Å². The smallest absolute Gasteiger partial charge is 0.247 e. The summed E-state index contributed by atoms with van der Waals surface area (Å²) in [7, 11) is 11.2. The molecule has 2 aromatic heterocycles. The number of aromatic nitrogens is 3. The molecule has 0 atom stereocenters. The van der Waals surface area contributed by atoms with E-state index in [0.717, 1.165) is 41.0 Å². The van der Waals surface area contributed by atoms with Gasteiger partial charge in [-0.2, -0.15) is 0 Å². The van der Waals surface area contributed by atoms with Gasteiger partial charge in [-0.1, -0.05) is 18.2 Å². The van der Waals surface area contributed by atoms with E-state index in [1.54, 1.807) is 26.5 Å². The average Bonchev–Trinajstić information content (AvgIpc) is 3.27. The number of methoxy groups -OCH3 is 2. The second-order valence-electron chi connectivity index (χ2n) is 9.54. The minimum absolute atomic E-state index is 0.318. The van der Waals surface area contributed by atoms with E-state index in [4.69, 9.17) is 26.1 Å². The zero-order valence-electron chi connectivity index (χ0n) is 23.6. The standard InChI is InChI=1S/C29H34ClN7O3/c1-8-27(38)32-22-14-23(26(40-7)15-25(22)36(4)12-11-35(2)3)33-29-31-16-21(30)28(34-29)20-17-37(5)24-13-18(39-6)9-10-19(20)24/h8-10,13-17H,1,11-12H2,2-7H3,(H,32,38)(H,31,33,34). The minimum atomic E-state index is -0.323. The van der Waals surface area contributed by atoms with Crippen LogP contribution < -0.4 is 25.0 Å². The molecule has 4 aromatic rings. The van der Waals surface area contributed by atoms with E-state index < -0.39 is 0 Å². The molecule has 0 unspecified atom stereocenters. The van der Waals surface area contributed by atoms with E-state index in [1.807, 2.05) is 63.2 Å². The molecule has 0 bridgehead atoms. The highest BCUT2D eigenvalue weighted by Crippen LogP contribution is 2.39. The first-order valence-electron chi connectivity index (χ1n) is 12.6. The van der Waals surface area contributed by atoms with E-state index in [-0.39, 0.29) is 5.91 Å². The van der Waals surface area contributed by atoms with Gasteiger partial charge in [-0.15, -0.1) is 0 Å². The molecule has 0 aliphatic heterocycles. The Bertz CT molecular complexity index is 1550. The quantitative estimate of drug-likeness (QED) is 0.241. The molecule has 0 fully saturated rings. The predicted molar refractivity (Wildman–Crippen MR) is 162 cm³/mol. The molecule has 1 amide bonds. The molecule has 2 heterocycles. The summed E-state index contributed by atoms with van der Waals surface area (Å²) in [5, 5.41) is 7.54. The number of nitrogens with one attached hydrogen (secondary N) is 2. The summed E-state index contributed by atoms with van der Waals surface area (Å²) in [5.41, 5.74) is 4.38. The SMILES string of the molecule is C=CC(=O)Nc1cc(Nc2ncc(Cl)c(-c3cn(C)c4cc(OC)ccc34)n2)c(OC)cc1N(C)CCN(C)C. The lowest BCUT2D eigenvalue weighted by molar-refractivity contribution is -0.111. The van der Waals surface area contributed by atoms with Gasteiger partial charge in [-0.05, 0) is 38.4 Å². The maximum absolute atomic E-state index is 12.3. The summed E-state index contributed by atoms with van der Waals surface area (Å²) in [6, 6.07) is 9.52. The Morgan fingerprint density at radius 1 is 1.12 bits per heavy atom. The fraction of sp³-hybridized carbons (Fsp3) is 0.276. The van der Waals surface area contributed by atoms with Gasteiger partial charge >= 0.3 is 0 Å². The van der Waals surface area contributed by atoms with Gasteiger partial charge in [0, 0.05) is 56.5 Å². The van der Waals surface area contributed by atoms with Crippen LogP contribution in [0.5, 0.6) is 11.5 Å². The molecule has 11 heteroatoms. The normalized spacial score (nSPS) is 11.0. The molecule has 0 aliphatic carbocycles. The number of benzene rings is 2. The van der Waals surface area contributed by atoms with Crippen LogP contribution >= 0.6 is 11.6 Å². The lowest BCUT2D eigenvalue weighted by atomic mass is 10.1. The summed E-state index contributed by atoms with van der Waals surface area (Å²) in [4.78, 5) is 25.6. The first kappa shape index (κ1) is 28.7. The highest BCUT2D eigenvalue weighted by atomic mass is 35.5. The van der Waals surface area contributed by atoms with Crippen molar-refractivity contribution in [2.75, 3.05) is 64.0 Å². The zero-order chi connectivity index (χ0) is 29.0. The lowest BCUT2D eigenvalue weighted by Crippen LogP contribution is -2.29. The van der Waals surface area contributed by atoms with Gasteiger partial charge in [0.1, 0.15) is 11.5 Å². The van der Waals surface area contributed by atoms with Gasteiger partial charge in [0.2, 0.25) is 11.9 Å². The topological polar surface area (TPSA) is 96.8 Å². The van der Waals surface area contributed by atoms with Crippen LogP contribution in [-0.4, -0.2) is 73.8 Å². The highest BCUT2D eigenvalue weighted by molar-refractivity contribution is 6.33. The maximum Gasteiger partial charge on any atom is 0.247 e. The number of fused-ring (bicyclic) bond motifs is 1. The third-order valence-electron chi connectivity index (χ3n) is 6.50. The molecule has 0 saturated heterocycles.